The number of hydrogen-bond acceptors (Lipinski definition) is 7. The number of alkyl halides is 4. The number of aromatic nitrogens is 3. The van der Waals surface area contributed by atoms with Crippen molar-refractivity contribution in [2.75, 3.05) is 0 Å². The molecule has 2 aromatic carbocycles. The molecule has 15 heteroatoms. The fourth-order valence-electron chi connectivity index (χ4n) is 4.88. The Balaban J connectivity index is 0.00000461. The molecule has 7 nitrogen and oxygen atoms in total. The topological polar surface area (TPSA) is 102 Å². The fourth-order valence-corrected chi connectivity index (χ4v) is 7.71. The molecular weight excluding hydrogens is 659 g/mol. The molecule has 0 saturated heterocycles. The number of amides is 1. The molecule has 238 valence electrons. The second-order valence-corrected chi connectivity index (χ2v) is 13.3. The summed E-state index contributed by atoms with van der Waals surface area (Å²) in [6.45, 7) is -0.182. The standard InChI is InChI=1S/C30H25F5N4O3S2.ClH/c31-20-7-9-23(10-8-20)44(41,42)26-13-21(32)12-24(26)28(40)37-16-22-14-25(19-6-11-27(36-15-19)30(33,34)35)39-29(38-22)43-17-18-4-2-1-3-5-18;/h1-11,14-15,21,24,26H,12-13,16-17H2,(H,37,40);1H. The number of carbonyl (C=O) groups excluding carboxylic acids is 1. The fraction of sp³-hybridized carbons (Fsp3) is 0.267. The number of nitrogens with one attached hydrogen (secondary N) is 1. The van der Waals surface area contributed by atoms with Crippen molar-refractivity contribution in [3.05, 3.63) is 102 Å². The smallest absolute Gasteiger partial charge is 0.350 e. The lowest BCUT2D eigenvalue weighted by atomic mass is 10.1. The van der Waals surface area contributed by atoms with Crippen molar-refractivity contribution >= 4 is 39.9 Å². The Labute approximate surface area is 266 Å². The van der Waals surface area contributed by atoms with E-state index in [1.54, 1.807) is 0 Å². The summed E-state index contributed by atoms with van der Waals surface area (Å²) < 4.78 is 93.4. The van der Waals surface area contributed by atoms with E-state index in [1.165, 1.54) is 23.9 Å². The van der Waals surface area contributed by atoms with Crippen LogP contribution in [0.3, 0.4) is 0 Å². The van der Waals surface area contributed by atoms with Gasteiger partial charge in [-0.25, -0.2) is 27.2 Å². The van der Waals surface area contributed by atoms with Crippen LogP contribution in [0.25, 0.3) is 11.3 Å². The number of hydrogen-bond donors (Lipinski definition) is 1. The Bertz CT molecular complexity index is 1730. The van der Waals surface area contributed by atoms with Crippen molar-refractivity contribution < 1.29 is 35.2 Å². The number of pyridine rings is 1. The molecule has 0 bridgehead atoms. The van der Waals surface area contributed by atoms with Crippen LogP contribution in [0, 0.1) is 11.7 Å². The van der Waals surface area contributed by atoms with Gasteiger partial charge < -0.3 is 5.32 Å². The van der Waals surface area contributed by atoms with Crippen molar-refractivity contribution in [1.82, 2.24) is 20.3 Å². The zero-order valence-corrected chi connectivity index (χ0v) is 25.7. The number of nitrogens with zero attached hydrogens (tertiary/aromatic N) is 3. The highest BCUT2D eigenvalue weighted by molar-refractivity contribution is 7.98. The lowest BCUT2D eigenvalue weighted by molar-refractivity contribution is -0.141. The molecule has 3 atom stereocenters. The van der Waals surface area contributed by atoms with Gasteiger partial charge in [0.1, 0.15) is 17.7 Å². The molecule has 45 heavy (non-hydrogen) atoms. The van der Waals surface area contributed by atoms with Crippen LogP contribution < -0.4 is 5.32 Å². The van der Waals surface area contributed by atoms with E-state index in [1.807, 2.05) is 30.3 Å². The summed E-state index contributed by atoms with van der Waals surface area (Å²) in [6, 6.07) is 17.1. The zero-order chi connectivity index (χ0) is 31.5. The molecule has 2 aromatic heterocycles. The average molecular weight is 685 g/mol. The molecule has 4 aromatic rings. The summed E-state index contributed by atoms with van der Waals surface area (Å²) in [5.74, 6) is -2.04. The van der Waals surface area contributed by atoms with Crippen LogP contribution in [0.4, 0.5) is 22.0 Å². The first-order valence-corrected chi connectivity index (χ1v) is 15.9. The lowest BCUT2D eigenvalue weighted by Crippen LogP contribution is -2.38. The quantitative estimate of drug-likeness (QED) is 0.0916. The lowest BCUT2D eigenvalue weighted by Gasteiger charge is -2.19. The van der Waals surface area contributed by atoms with E-state index in [9.17, 15) is 35.2 Å². The largest absolute Gasteiger partial charge is 0.433 e. The Morgan fingerprint density at radius 1 is 0.978 bits per heavy atom. The van der Waals surface area contributed by atoms with E-state index in [0.29, 0.717) is 11.4 Å². The Kier molecular flexibility index (Phi) is 10.8. The van der Waals surface area contributed by atoms with Gasteiger partial charge in [-0.05, 0) is 60.9 Å². The first kappa shape index (κ1) is 34.3. The summed E-state index contributed by atoms with van der Waals surface area (Å²) in [6.07, 6.45) is -5.77. The van der Waals surface area contributed by atoms with Crippen molar-refractivity contribution in [3.63, 3.8) is 0 Å². The molecule has 1 aliphatic carbocycles. The first-order chi connectivity index (χ1) is 20.9. The van der Waals surface area contributed by atoms with Gasteiger partial charge in [-0.3, -0.25) is 9.78 Å². The molecule has 1 fully saturated rings. The highest BCUT2D eigenvalue weighted by Gasteiger charge is 2.46. The highest BCUT2D eigenvalue weighted by Crippen LogP contribution is 2.37. The summed E-state index contributed by atoms with van der Waals surface area (Å²) in [5, 5.41) is 1.58. The van der Waals surface area contributed by atoms with Gasteiger partial charge in [-0.2, -0.15) is 13.2 Å². The second-order valence-electron chi connectivity index (χ2n) is 10.2. The minimum atomic E-state index is -4.61. The van der Waals surface area contributed by atoms with Crippen LogP contribution >= 0.6 is 24.2 Å². The maximum absolute atomic E-state index is 14.5. The van der Waals surface area contributed by atoms with E-state index in [2.05, 4.69) is 20.3 Å². The van der Waals surface area contributed by atoms with Crippen LogP contribution in [-0.4, -0.2) is 40.7 Å². The van der Waals surface area contributed by atoms with Crippen LogP contribution in [0.2, 0.25) is 0 Å². The molecule has 1 saturated carbocycles. The minimum absolute atomic E-state index is 0. The van der Waals surface area contributed by atoms with Gasteiger partial charge in [0, 0.05) is 17.5 Å². The third-order valence-electron chi connectivity index (χ3n) is 7.09. The van der Waals surface area contributed by atoms with Gasteiger partial charge in [0.15, 0.2) is 15.0 Å². The number of halogens is 6. The first-order valence-electron chi connectivity index (χ1n) is 13.4. The van der Waals surface area contributed by atoms with E-state index in [-0.39, 0.29) is 53.1 Å². The molecule has 1 amide bonds. The predicted molar refractivity (Wildman–Crippen MR) is 160 cm³/mol. The zero-order valence-electron chi connectivity index (χ0n) is 23.2. The van der Waals surface area contributed by atoms with Crippen LogP contribution in [-0.2, 0) is 33.1 Å². The van der Waals surface area contributed by atoms with Gasteiger partial charge in [-0.15, -0.1) is 12.4 Å². The van der Waals surface area contributed by atoms with E-state index < -0.39 is 50.8 Å². The summed E-state index contributed by atoms with van der Waals surface area (Å²) in [4.78, 5) is 25.5. The molecule has 0 radical (unpaired) electrons. The third-order valence-corrected chi connectivity index (χ3v) is 10.3. The molecule has 0 spiro atoms. The molecule has 2 heterocycles. The molecule has 1 N–H and O–H groups in total. The minimum Gasteiger partial charge on any atom is -0.350 e. The van der Waals surface area contributed by atoms with Crippen LogP contribution in [0.1, 0.15) is 29.8 Å². The van der Waals surface area contributed by atoms with E-state index in [4.69, 9.17) is 0 Å². The summed E-state index contributed by atoms with van der Waals surface area (Å²) in [5.41, 5.74) is 0.771. The van der Waals surface area contributed by atoms with Gasteiger partial charge >= 0.3 is 6.18 Å². The summed E-state index contributed by atoms with van der Waals surface area (Å²) >= 11 is 1.28. The average Bonchev–Trinajstić information content (AvgIpc) is 3.42. The number of sulfone groups is 1. The van der Waals surface area contributed by atoms with Crippen LogP contribution in [0.15, 0.2) is 89.0 Å². The van der Waals surface area contributed by atoms with Crippen LogP contribution in [0.5, 0.6) is 0 Å². The monoisotopic (exact) mass is 684 g/mol. The predicted octanol–water partition coefficient (Wildman–Crippen LogP) is 6.62. The molecule has 0 aliphatic heterocycles. The van der Waals surface area contributed by atoms with Gasteiger partial charge in [0.2, 0.25) is 5.91 Å². The summed E-state index contributed by atoms with van der Waals surface area (Å²) in [7, 11) is -4.15. The molecule has 3 unspecified atom stereocenters. The van der Waals surface area contributed by atoms with Gasteiger partial charge in [-0.1, -0.05) is 42.1 Å². The number of benzene rings is 2. The van der Waals surface area contributed by atoms with E-state index >= 15 is 0 Å². The Morgan fingerprint density at radius 3 is 2.33 bits per heavy atom. The Hall–Kier alpha value is -3.62. The SMILES string of the molecule is Cl.O=C(NCc1cc(-c2ccc(C(F)(F)F)nc2)nc(SCc2ccccc2)n1)C1CC(F)CC1S(=O)(=O)c1ccc(F)cc1. The Morgan fingerprint density at radius 2 is 1.69 bits per heavy atom. The number of thioether (sulfide) groups is 1. The molecule has 5 rings (SSSR count). The van der Waals surface area contributed by atoms with E-state index in [0.717, 1.165) is 42.1 Å². The van der Waals surface area contributed by atoms with Crippen molar-refractivity contribution in [1.29, 1.82) is 0 Å². The second kappa shape index (κ2) is 14.2. The highest BCUT2D eigenvalue weighted by atomic mass is 35.5. The third kappa shape index (κ3) is 8.35. The van der Waals surface area contributed by atoms with Gasteiger partial charge in [0.25, 0.3) is 0 Å². The normalized spacial score (nSPS) is 18.3. The van der Waals surface area contributed by atoms with Crippen molar-refractivity contribution in [3.8, 4) is 11.3 Å². The van der Waals surface area contributed by atoms with Crippen molar-refractivity contribution in [2.24, 2.45) is 5.92 Å². The number of carbonyl (C=O) groups is 1. The maximum Gasteiger partial charge on any atom is 0.433 e. The van der Waals surface area contributed by atoms with Gasteiger partial charge in [0.05, 0.1) is 34.0 Å². The van der Waals surface area contributed by atoms with Crippen molar-refractivity contribution in [2.45, 2.75) is 52.8 Å². The molecule has 1 aliphatic rings. The number of rotatable bonds is 9. The maximum atomic E-state index is 14.5. The molecular formula is C30H26ClF5N4O3S2.